The molecule has 1 fully saturated rings. The predicted octanol–water partition coefficient (Wildman–Crippen LogP) is 2.72. The number of methoxy groups -OCH3 is 1. The zero-order valence-corrected chi connectivity index (χ0v) is 12.0. The molecular weight excluding hydrogens is 248 g/mol. The Morgan fingerprint density at radius 2 is 2.17 bits per heavy atom. The summed E-state index contributed by atoms with van der Waals surface area (Å²) in [5.41, 5.74) is 9.33. The third-order valence-corrected chi connectivity index (χ3v) is 4.07. The average molecular weight is 269 g/mol. The summed E-state index contributed by atoms with van der Waals surface area (Å²) in [7, 11) is 1.67. The summed E-state index contributed by atoms with van der Waals surface area (Å²) in [5, 5.41) is 4.23. The summed E-state index contributed by atoms with van der Waals surface area (Å²) in [4.78, 5) is 0. The Labute approximate surface area is 114 Å². The summed E-state index contributed by atoms with van der Waals surface area (Å²) >= 11 is 6.30. The third kappa shape index (κ3) is 2.79. The normalized spacial score (nSPS) is 16.7. The van der Waals surface area contributed by atoms with Crippen LogP contribution < -0.4 is 15.8 Å². The molecule has 1 atom stereocenters. The fraction of sp³-hybridized carbons (Fsp3) is 0.571. The van der Waals surface area contributed by atoms with E-state index in [1.165, 1.54) is 12.8 Å². The van der Waals surface area contributed by atoms with Gasteiger partial charge in [0.05, 0.1) is 7.11 Å². The van der Waals surface area contributed by atoms with Crippen molar-refractivity contribution in [1.29, 1.82) is 0 Å². The van der Waals surface area contributed by atoms with E-state index in [0.29, 0.717) is 6.04 Å². The molecule has 3 N–H and O–H groups in total. The zero-order valence-electron chi connectivity index (χ0n) is 11.2. The minimum atomic E-state index is -0.0846. The van der Waals surface area contributed by atoms with Gasteiger partial charge in [0.2, 0.25) is 0 Å². The molecule has 0 aliphatic heterocycles. The maximum Gasteiger partial charge on any atom is 0.124 e. The Balaban J connectivity index is 2.25. The van der Waals surface area contributed by atoms with Crippen LogP contribution in [0.1, 0.15) is 35.6 Å². The Bertz CT molecular complexity index is 444. The van der Waals surface area contributed by atoms with E-state index in [0.717, 1.165) is 34.0 Å². The molecule has 1 aliphatic rings. The Morgan fingerprint density at radius 1 is 1.50 bits per heavy atom. The molecule has 0 radical (unpaired) electrons. The molecule has 2 rings (SSSR count). The van der Waals surface area contributed by atoms with Crippen molar-refractivity contribution >= 4 is 11.6 Å². The van der Waals surface area contributed by atoms with Crippen molar-refractivity contribution < 1.29 is 4.74 Å². The lowest BCUT2D eigenvalue weighted by Gasteiger charge is -2.21. The van der Waals surface area contributed by atoms with Crippen molar-refractivity contribution in [3.63, 3.8) is 0 Å². The molecule has 0 spiro atoms. The Morgan fingerprint density at radius 3 is 2.72 bits per heavy atom. The topological polar surface area (TPSA) is 47.3 Å². The predicted molar refractivity (Wildman–Crippen MR) is 75.4 cm³/mol. The lowest BCUT2D eigenvalue weighted by atomic mass is 9.98. The van der Waals surface area contributed by atoms with Crippen LogP contribution >= 0.6 is 11.6 Å². The molecular formula is C14H21ClN2O. The van der Waals surface area contributed by atoms with Gasteiger partial charge in [0, 0.05) is 29.2 Å². The molecule has 1 unspecified atom stereocenters. The highest BCUT2D eigenvalue weighted by molar-refractivity contribution is 6.32. The summed E-state index contributed by atoms with van der Waals surface area (Å²) in [6.45, 7) is 4.75. The number of benzene rings is 1. The van der Waals surface area contributed by atoms with Crippen LogP contribution in [0.2, 0.25) is 5.02 Å². The highest BCUT2D eigenvalue weighted by Crippen LogP contribution is 2.34. The fourth-order valence-electron chi connectivity index (χ4n) is 2.25. The smallest absolute Gasteiger partial charge is 0.124 e. The quantitative estimate of drug-likeness (QED) is 0.863. The number of nitrogens with two attached hydrogens (primary N) is 1. The minimum absolute atomic E-state index is 0.0846. The van der Waals surface area contributed by atoms with E-state index >= 15 is 0 Å². The lowest BCUT2D eigenvalue weighted by Crippen LogP contribution is -2.29. The van der Waals surface area contributed by atoms with Gasteiger partial charge in [-0.1, -0.05) is 11.6 Å². The van der Waals surface area contributed by atoms with Crippen molar-refractivity contribution in [2.24, 2.45) is 5.73 Å². The van der Waals surface area contributed by atoms with Crippen LogP contribution in [-0.2, 0) is 0 Å². The van der Waals surface area contributed by atoms with E-state index in [2.05, 4.69) is 5.32 Å². The Kier molecular flexibility index (Phi) is 4.15. The number of hydrogen-bond donors (Lipinski definition) is 2. The van der Waals surface area contributed by atoms with Crippen LogP contribution in [0.15, 0.2) is 6.07 Å². The molecule has 4 heteroatoms. The molecule has 1 aromatic rings. The van der Waals surface area contributed by atoms with Crippen molar-refractivity contribution in [3.8, 4) is 5.75 Å². The van der Waals surface area contributed by atoms with E-state index in [4.69, 9.17) is 22.1 Å². The van der Waals surface area contributed by atoms with Crippen LogP contribution in [0.5, 0.6) is 5.75 Å². The van der Waals surface area contributed by atoms with E-state index < -0.39 is 0 Å². The average Bonchev–Trinajstić information content (AvgIpc) is 3.16. The summed E-state index contributed by atoms with van der Waals surface area (Å²) < 4.78 is 5.44. The SMILES string of the molecule is COc1cc(C)c(Cl)c(C)c1C(N)CNC1CC1. The monoisotopic (exact) mass is 268 g/mol. The van der Waals surface area contributed by atoms with Crippen molar-refractivity contribution in [2.75, 3.05) is 13.7 Å². The Hall–Kier alpha value is -0.770. The van der Waals surface area contributed by atoms with Crippen molar-refractivity contribution in [1.82, 2.24) is 5.32 Å². The molecule has 1 aliphatic carbocycles. The van der Waals surface area contributed by atoms with Gasteiger partial charge in [0.15, 0.2) is 0 Å². The van der Waals surface area contributed by atoms with E-state index in [1.807, 2.05) is 19.9 Å². The number of hydrogen-bond acceptors (Lipinski definition) is 3. The molecule has 0 amide bonds. The van der Waals surface area contributed by atoms with E-state index in [1.54, 1.807) is 7.11 Å². The van der Waals surface area contributed by atoms with Gasteiger partial charge in [-0.25, -0.2) is 0 Å². The van der Waals surface area contributed by atoms with Crippen molar-refractivity contribution in [2.45, 2.75) is 38.8 Å². The molecule has 1 saturated carbocycles. The molecule has 18 heavy (non-hydrogen) atoms. The molecule has 3 nitrogen and oxygen atoms in total. The second-order valence-corrected chi connectivity index (χ2v) is 5.42. The number of aryl methyl sites for hydroxylation is 1. The first kappa shape index (κ1) is 13.7. The van der Waals surface area contributed by atoms with E-state index in [9.17, 15) is 0 Å². The van der Waals surface area contributed by atoms with Gasteiger partial charge < -0.3 is 15.8 Å². The summed E-state index contributed by atoms with van der Waals surface area (Å²) in [6, 6.07) is 2.53. The summed E-state index contributed by atoms with van der Waals surface area (Å²) in [6.07, 6.45) is 2.52. The molecule has 0 aromatic heterocycles. The maximum absolute atomic E-state index is 6.30. The number of ether oxygens (including phenoxy) is 1. The standard InChI is InChI=1S/C14H21ClN2O/c1-8-6-12(18-3)13(9(2)14(8)15)11(16)7-17-10-4-5-10/h6,10-11,17H,4-5,7,16H2,1-3H3. The second kappa shape index (κ2) is 5.47. The van der Waals surface area contributed by atoms with Crippen LogP contribution in [0, 0.1) is 13.8 Å². The van der Waals surface area contributed by atoms with E-state index in [-0.39, 0.29) is 6.04 Å². The fourth-order valence-corrected chi connectivity index (χ4v) is 2.41. The number of rotatable bonds is 5. The largest absolute Gasteiger partial charge is 0.496 e. The molecule has 1 aromatic carbocycles. The minimum Gasteiger partial charge on any atom is -0.496 e. The van der Waals surface area contributed by atoms with Crippen LogP contribution in [0.4, 0.5) is 0 Å². The van der Waals surface area contributed by atoms with Gasteiger partial charge in [-0.2, -0.15) is 0 Å². The van der Waals surface area contributed by atoms with Crippen molar-refractivity contribution in [3.05, 3.63) is 27.8 Å². The van der Waals surface area contributed by atoms with Gasteiger partial charge in [-0.15, -0.1) is 0 Å². The highest BCUT2D eigenvalue weighted by Gasteiger charge is 2.23. The summed E-state index contributed by atoms with van der Waals surface area (Å²) in [5.74, 6) is 0.833. The van der Waals surface area contributed by atoms with Gasteiger partial charge in [-0.3, -0.25) is 0 Å². The van der Waals surface area contributed by atoms with Gasteiger partial charge in [0.1, 0.15) is 5.75 Å². The first-order valence-electron chi connectivity index (χ1n) is 6.37. The number of nitrogens with one attached hydrogen (secondary N) is 1. The maximum atomic E-state index is 6.30. The van der Waals surface area contributed by atoms with Gasteiger partial charge >= 0.3 is 0 Å². The highest BCUT2D eigenvalue weighted by atomic mass is 35.5. The van der Waals surface area contributed by atoms with Crippen LogP contribution in [0.25, 0.3) is 0 Å². The molecule has 0 saturated heterocycles. The van der Waals surface area contributed by atoms with Gasteiger partial charge in [0.25, 0.3) is 0 Å². The van der Waals surface area contributed by atoms with Gasteiger partial charge in [-0.05, 0) is 43.9 Å². The van der Waals surface area contributed by atoms with Crippen LogP contribution in [-0.4, -0.2) is 19.7 Å². The first-order valence-corrected chi connectivity index (χ1v) is 6.75. The first-order chi connectivity index (χ1) is 8.54. The number of halogens is 1. The molecule has 0 bridgehead atoms. The molecule has 100 valence electrons. The third-order valence-electron chi connectivity index (χ3n) is 3.49. The zero-order chi connectivity index (χ0) is 13.3. The lowest BCUT2D eigenvalue weighted by molar-refractivity contribution is 0.403. The second-order valence-electron chi connectivity index (χ2n) is 5.04. The molecule has 0 heterocycles. The van der Waals surface area contributed by atoms with Crippen LogP contribution in [0.3, 0.4) is 0 Å².